The number of anilines is 1. The molecule has 6 nitrogen and oxygen atoms in total. The van der Waals surface area contributed by atoms with Gasteiger partial charge in [-0.1, -0.05) is 12.1 Å². The molecular formula is C22H20ClF4N3O3S. The molecule has 0 unspecified atom stereocenters. The van der Waals surface area contributed by atoms with Gasteiger partial charge in [-0.3, -0.25) is 9.78 Å². The van der Waals surface area contributed by atoms with E-state index in [9.17, 15) is 30.8 Å². The van der Waals surface area contributed by atoms with Crippen molar-refractivity contribution in [2.75, 3.05) is 18.1 Å². The second-order valence-electron chi connectivity index (χ2n) is 7.59. The minimum absolute atomic E-state index is 0.000813. The summed E-state index contributed by atoms with van der Waals surface area (Å²) in [7, 11) is 1.70. The Morgan fingerprint density at radius 3 is 2.35 bits per heavy atom. The van der Waals surface area contributed by atoms with E-state index in [1.807, 2.05) is 26.1 Å². The smallest absolute Gasteiger partial charge is 0.387 e. The van der Waals surface area contributed by atoms with Crippen LogP contribution in [-0.4, -0.2) is 43.2 Å². The van der Waals surface area contributed by atoms with Crippen LogP contribution in [0, 0.1) is 12.7 Å². The highest BCUT2D eigenvalue weighted by Crippen LogP contribution is 2.38. The van der Waals surface area contributed by atoms with Gasteiger partial charge in [-0.2, -0.15) is 13.2 Å². The molecule has 0 saturated heterocycles. The molecule has 34 heavy (non-hydrogen) atoms. The monoisotopic (exact) mass is 517 g/mol. The van der Waals surface area contributed by atoms with Crippen molar-refractivity contribution in [1.29, 1.82) is 0 Å². The molecule has 0 fully saturated rings. The fourth-order valence-electron chi connectivity index (χ4n) is 3.83. The van der Waals surface area contributed by atoms with Gasteiger partial charge < -0.3 is 10.2 Å². The van der Waals surface area contributed by atoms with Crippen LogP contribution >= 0.6 is 10.7 Å². The van der Waals surface area contributed by atoms with Crippen molar-refractivity contribution >= 4 is 42.2 Å². The van der Waals surface area contributed by atoms with E-state index in [2.05, 4.69) is 21.0 Å². The summed E-state index contributed by atoms with van der Waals surface area (Å²) >= 11 is 0. The third-order valence-corrected chi connectivity index (χ3v) is 6.13. The lowest BCUT2D eigenvalue weighted by Gasteiger charge is -2.16. The van der Waals surface area contributed by atoms with E-state index in [1.165, 1.54) is 12.1 Å². The minimum Gasteiger partial charge on any atom is -0.387 e. The molecule has 1 amide bonds. The molecule has 0 atom stereocenters. The fraction of sp³-hybridized carbons (Fsp3) is 0.273. The molecule has 0 bridgehead atoms. The van der Waals surface area contributed by atoms with Crippen LogP contribution in [0.3, 0.4) is 0 Å². The summed E-state index contributed by atoms with van der Waals surface area (Å²) in [5.74, 6) is -2.24. The number of amides is 1. The summed E-state index contributed by atoms with van der Waals surface area (Å²) in [6.45, 7) is 2.94. The number of nitrogens with one attached hydrogen (secondary N) is 1. The molecule has 3 aromatic rings. The number of carbonyl (C=O) groups excluding carboxylic acids is 1. The van der Waals surface area contributed by atoms with Crippen LogP contribution in [0.15, 0.2) is 42.6 Å². The van der Waals surface area contributed by atoms with Gasteiger partial charge in [-0.05, 0) is 42.3 Å². The number of alkyl halides is 3. The number of carbonyl (C=O) groups is 1. The van der Waals surface area contributed by atoms with Gasteiger partial charge in [0.15, 0.2) is 5.75 Å². The topological polar surface area (TPSA) is 79.4 Å². The molecule has 0 saturated carbocycles. The standard InChI is InChI=1S/C20H18FN3O.C2H2ClF3O2S/c1-12-17-16(19(22-2)15-4-3-9-23-18(12)15)11-24(20(17)25)10-13-5-7-14(21)8-6-13;3-9(7,8)1-2(4,5)6/h3-9,22H,10-11H2,1-2H3;1H2. The summed E-state index contributed by atoms with van der Waals surface area (Å²) in [6.07, 6.45) is -2.99. The number of aromatic nitrogens is 1. The molecule has 0 radical (unpaired) electrons. The number of pyridine rings is 1. The van der Waals surface area contributed by atoms with Crippen LogP contribution in [0.5, 0.6) is 0 Å². The number of benzene rings is 2. The molecule has 12 heteroatoms. The fourth-order valence-corrected chi connectivity index (χ4v) is 4.59. The second kappa shape index (κ2) is 9.75. The lowest BCUT2D eigenvalue weighted by Crippen LogP contribution is -2.23. The third-order valence-electron chi connectivity index (χ3n) is 5.13. The Balaban J connectivity index is 0.000000309. The zero-order valence-electron chi connectivity index (χ0n) is 18.1. The Morgan fingerprint density at radius 2 is 1.82 bits per heavy atom. The number of rotatable bonds is 4. The van der Waals surface area contributed by atoms with Gasteiger partial charge in [0.2, 0.25) is 9.05 Å². The van der Waals surface area contributed by atoms with Gasteiger partial charge in [-0.15, -0.1) is 0 Å². The highest BCUT2D eigenvalue weighted by molar-refractivity contribution is 8.13. The number of aryl methyl sites for hydroxylation is 1. The highest BCUT2D eigenvalue weighted by atomic mass is 35.7. The summed E-state index contributed by atoms with van der Waals surface area (Å²) in [6, 6.07) is 10.2. The molecule has 182 valence electrons. The molecule has 1 aromatic heterocycles. The van der Waals surface area contributed by atoms with E-state index in [1.54, 1.807) is 23.2 Å². The van der Waals surface area contributed by atoms with Crippen molar-refractivity contribution in [2.24, 2.45) is 0 Å². The van der Waals surface area contributed by atoms with Gasteiger partial charge in [-0.25, -0.2) is 12.8 Å². The number of hydrogen-bond donors (Lipinski definition) is 1. The van der Waals surface area contributed by atoms with Crippen molar-refractivity contribution in [3.8, 4) is 0 Å². The SMILES string of the molecule is CNc1c2c(c(C)c3ncccc13)C(=O)N(Cc1ccc(F)cc1)C2.O=S(=O)(Cl)CC(F)(F)F. The Kier molecular flexibility index (Phi) is 7.37. The molecule has 0 aliphatic carbocycles. The van der Waals surface area contributed by atoms with Gasteiger partial charge in [0.1, 0.15) is 5.82 Å². The number of fused-ring (bicyclic) bond motifs is 2. The zero-order chi connectivity index (χ0) is 25.3. The summed E-state index contributed by atoms with van der Waals surface area (Å²) in [5, 5.41) is 4.27. The molecule has 0 spiro atoms. The van der Waals surface area contributed by atoms with Crippen LogP contribution in [0.1, 0.15) is 27.0 Å². The Hall–Kier alpha value is -2.92. The summed E-state index contributed by atoms with van der Waals surface area (Å²) in [4.78, 5) is 19.3. The Morgan fingerprint density at radius 1 is 1.18 bits per heavy atom. The van der Waals surface area contributed by atoms with E-state index in [0.29, 0.717) is 13.1 Å². The molecule has 4 rings (SSSR count). The number of nitrogens with zero attached hydrogens (tertiary/aromatic N) is 2. The van der Waals surface area contributed by atoms with Crippen molar-refractivity contribution in [2.45, 2.75) is 26.2 Å². The largest absolute Gasteiger partial charge is 0.404 e. The first-order valence-electron chi connectivity index (χ1n) is 9.91. The maximum atomic E-state index is 13.1. The van der Waals surface area contributed by atoms with E-state index >= 15 is 0 Å². The van der Waals surface area contributed by atoms with Gasteiger partial charge in [0, 0.05) is 53.7 Å². The van der Waals surface area contributed by atoms with Crippen molar-refractivity contribution < 1.29 is 30.8 Å². The Bertz CT molecular complexity index is 1330. The quantitative estimate of drug-likeness (QED) is 0.389. The van der Waals surface area contributed by atoms with E-state index in [4.69, 9.17) is 0 Å². The zero-order valence-corrected chi connectivity index (χ0v) is 19.7. The van der Waals surface area contributed by atoms with Gasteiger partial charge in [0.25, 0.3) is 5.91 Å². The molecule has 1 aliphatic rings. The van der Waals surface area contributed by atoms with E-state index in [0.717, 1.165) is 38.8 Å². The average Bonchev–Trinajstić information content (AvgIpc) is 3.04. The molecule has 1 aliphatic heterocycles. The first-order chi connectivity index (χ1) is 15.8. The van der Waals surface area contributed by atoms with Crippen LogP contribution in [0.2, 0.25) is 0 Å². The van der Waals surface area contributed by atoms with Crippen molar-refractivity contribution in [1.82, 2.24) is 9.88 Å². The number of halogens is 5. The summed E-state index contributed by atoms with van der Waals surface area (Å²) < 4.78 is 65.8. The molecule has 2 heterocycles. The van der Waals surface area contributed by atoms with E-state index in [-0.39, 0.29) is 11.7 Å². The van der Waals surface area contributed by atoms with Gasteiger partial charge >= 0.3 is 6.18 Å². The molecule has 2 aromatic carbocycles. The highest BCUT2D eigenvalue weighted by Gasteiger charge is 2.34. The van der Waals surface area contributed by atoms with E-state index < -0.39 is 21.0 Å². The predicted molar refractivity (Wildman–Crippen MR) is 122 cm³/mol. The lowest BCUT2D eigenvalue weighted by atomic mass is 9.97. The molecular weight excluding hydrogens is 498 g/mol. The van der Waals surface area contributed by atoms with Crippen LogP contribution in [-0.2, 0) is 22.1 Å². The normalized spacial score (nSPS) is 13.5. The lowest BCUT2D eigenvalue weighted by molar-refractivity contribution is -0.106. The van der Waals surface area contributed by atoms with Gasteiger partial charge in [0.05, 0.1) is 11.1 Å². The molecule has 1 N–H and O–H groups in total. The predicted octanol–water partition coefficient (Wildman–Crippen LogP) is 5.00. The van der Waals surface area contributed by atoms with Crippen molar-refractivity contribution in [3.63, 3.8) is 0 Å². The number of hydrogen-bond acceptors (Lipinski definition) is 5. The summed E-state index contributed by atoms with van der Waals surface area (Å²) in [5.41, 5.74) is 5.37. The average molecular weight is 518 g/mol. The maximum Gasteiger partial charge on any atom is 0.404 e. The van der Waals surface area contributed by atoms with Crippen LogP contribution < -0.4 is 5.32 Å². The third kappa shape index (κ3) is 5.95. The first kappa shape index (κ1) is 25.7. The minimum atomic E-state index is -4.74. The van der Waals surface area contributed by atoms with Crippen LogP contribution in [0.25, 0.3) is 10.9 Å². The first-order valence-corrected chi connectivity index (χ1v) is 12.4. The Labute approximate surface area is 198 Å². The maximum absolute atomic E-state index is 13.1. The van der Waals surface area contributed by atoms with Crippen molar-refractivity contribution in [3.05, 3.63) is 70.7 Å². The van der Waals surface area contributed by atoms with Crippen LogP contribution in [0.4, 0.5) is 23.2 Å². The second-order valence-corrected chi connectivity index (χ2v) is 10.4.